The van der Waals surface area contributed by atoms with Gasteiger partial charge in [0, 0.05) is 17.0 Å². The standard InChI is InChI=1S/C24H27O3P/c1-18(19-12-6-5-7-13-19)20-14-8-10-16-22(20)26-28(25)27-23-17-11-9-15-21(23)24(2,3)4/h5-18,25H,1-4H3. The van der Waals surface area contributed by atoms with Crippen LogP contribution in [0.15, 0.2) is 78.9 Å². The second-order valence-electron chi connectivity index (χ2n) is 7.84. The smallest absolute Gasteiger partial charge is 0.418 e. The molecule has 4 heteroatoms. The maximum absolute atomic E-state index is 10.5. The van der Waals surface area contributed by atoms with E-state index in [1.807, 2.05) is 66.7 Å². The molecule has 3 rings (SSSR count). The average molecular weight is 394 g/mol. The van der Waals surface area contributed by atoms with Crippen molar-refractivity contribution in [3.63, 3.8) is 0 Å². The maximum atomic E-state index is 10.5. The molecule has 28 heavy (non-hydrogen) atoms. The van der Waals surface area contributed by atoms with E-state index < -0.39 is 8.60 Å². The van der Waals surface area contributed by atoms with Gasteiger partial charge in [0.15, 0.2) is 0 Å². The fraction of sp³-hybridized carbons (Fsp3) is 0.250. The Labute approximate surface area is 169 Å². The normalized spacial score (nSPS) is 13.6. The number of benzene rings is 3. The Morgan fingerprint density at radius 3 is 1.96 bits per heavy atom. The molecule has 0 fully saturated rings. The highest BCUT2D eigenvalue weighted by Gasteiger charge is 2.23. The van der Waals surface area contributed by atoms with E-state index in [4.69, 9.17) is 9.05 Å². The summed E-state index contributed by atoms with van der Waals surface area (Å²) in [6.07, 6.45) is 0. The van der Waals surface area contributed by atoms with Crippen LogP contribution < -0.4 is 9.05 Å². The molecule has 0 bridgehead atoms. The van der Waals surface area contributed by atoms with Gasteiger partial charge in [0.05, 0.1) is 0 Å². The van der Waals surface area contributed by atoms with Crippen molar-refractivity contribution >= 4 is 8.60 Å². The van der Waals surface area contributed by atoms with Crippen LogP contribution >= 0.6 is 8.60 Å². The Morgan fingerprint density at radius 1 is 0.750 bits per heavy atom. The second kappa shape index (κ2) is 8.77. The predicted octanol–water partition coefficient (Wildman–Crippen LogP) is 6.81. The van der Waals surface area contributed by atoms with Gasteiger partial charge in [0.1, 0.15) is 11.5 Å². The molecule has 2 unspecified atom stereocenters. The lowest BCUT2D eigenvalue weighted by Gasteiger charge is -2.24. The zero-order chi connectivity index (χ0) is 20.1. The molecular formula is C24H27O3P. The first kappa shape index (κ1) is 20.4. The van der Waals surface area contributed by atoms with E-state index in [2.05, 4.69) is 39.8 Å². The molecule has 3 aromatic rings. The fourth-order valence-corrected chi connectivity index (χ4v) is 3.89. The van der Waals surface area contributed by atoms with E-state index in [9.17, 15) is 4.89 Å². The van der Waals surface area contributed by atoms with Gasteiger partial charge >= 0.3 is 8.60 Å². The summed E-state index contributed by atoms with van der Waals surface area (Å²) in [6.45, 7) is 8.48. The van der Waals surface area contributed by atoms with Crippen molar-refractivity contribution < 1.29 is 13.9 Å². The molecule has 0 saturated heterocycles. The summed E-state index contributed by atoms with van der Waals surface area (Å²) in [7, 11) is -2.11. The lowest BCUT2D eigenvalue weighted by molar-refractivity contribution is 0.374. The summed E-state index contributed by atoms with van der Waals surface area (Å²) < 4.78 is 11.7. The summed E-state index contributed by atoms with van der Waals surface area (Å²) in [5.41, 5.74) is 3.15. The van der Waals surface area contributed by atoms with Crippen molar-refractivity contribution in [2.75, 3.05) is 0 Å². The van der Waals surface area contributed by atoms with E-state index in [0.29, 0.717) is 11.5 Å². The third kappa shape index (κ3) is 4.92. The van der Waals surface area contributed by atoms with Crippen LogP contribution in [0.2, 0.25) is 0 Å². The zero-order valence-electron chi connectivity index (χ0n) is 16.8. The first-order valence-corrected chi connectivity index (χ1v) is 10.6. The van der Waals surface area contributed by atoms with Crippen LogP contribution in [0.4, 0.5) is 0 Å². The van der Waals surface area contributed by atoms with Gasteiger partial charge in [-0.1, -0.05) is 94.4 Å². The lowest BCUT2D eigenvalue weighted by Crippen LogP contribution is -2.12. The maximum Gasteiger partial charge on any atom is 0.460 e. The summed E-state index contributed by atoms with van der Waals surface area (Å²) in [5.74, 6) is 1.43. The summed E-state index contributed by atoms with van der Waals surface area (Å²) in [4.78, 5) is 10.5. The molecule has 0 spiro atoms. The van der Waals surface area contributed by atoms with Crippen LogP contribution in [0.5, 0.6) is 11.5 Å². The van der Waals surface area contributed by atoms with Gasteiger partial charge in [-0.3, -0.25) is 0 Å². The third-order valence-electron chi connectivity index (χ3n) is 4.73. The van der Waals surface area contributed by atoms with Crippen LogP contribution in [0.1, 0.15) is 50.3 Å². The summed E-state index contributed by atoms with van der Waals surface area (Å²) in [5, 5.41) is 0. The van der Waals surface area contributed by atoms with Crippen molar-refractivity contribution in [1.29, 1.82) is 0 Å². The van der Waals surface area contributed by atoms with E-state index in [-0.39, 0.29) is 11.3 Å². The summed E-state index contributed by atoms with van der Waals surface area (Å²) >= 11 is 0. The van der Waals surface area contributed by atoms with Gasteiger partial charge in [-0.25, -0.2) is 0 Å². The van der Waals surface area contributed by atoms with E-state index in [0.717, 1.165) is 11.1 Å². The summed E-state index contributed by atoms with van der Waals surface area (Å²) in [6, 6.07) is 25.8. The van der Waals surface area contributed by atoms with Crippen LogP contribution in [-0.4, -0.2) is 4.89 Å². The van der Waals surface area contributed by atoms with Gasteiger partial charge in [0.2, 0.25) is 0 Å². The van der Waals surface area contributed by atoms with Crippen molar-refractivity contribution in [1.82, 2.24) is 0 Å². The average Bonchev–Trinajstić information content (AvgIpc) is 2.68. The number of rotatable bonds is 6. The van der Waals surface area contributed by atoms with Crippen molar-refractivity contribution in [3.8, 4) is 11.5 Å². The number of hydrogen-bond donors (Lipinski definition) is 1. The van der Waals surface area contributed by atoms with Gasteiger partial charge in [0.25, 0.3) is 0 Å². The van der Waals surface area contributed by atoms with Gasteiger partial charge < -0.3 is 13.9 Å². The van der Waals surface area contributed by atoms with E-state index >= 15 is 0 Å². The number of hydrogen-bond acceptors (Lipinski definition) is 3. The molecule has 0 aliphatic rings. The van der Waals surface area contributed by atoms with Crippen molar-refractivity contribution in [2.45, 2.75) is 39.0 Å². The minimum atomic E-state index is -2.11. The Kier molecular flexibility index (Phi) is 6.39. The molecular weight excluding hydrogens is 367 g/mol. The molecule has 0 radical (unpaired) electrons. The van der Waals surface area contributed by atoms with Crippen LogP contribution in [0.25, 0.3) is 0 Å². The molecule has 1 N–H and O–H groups in total. The third-order valence-corrected chi connectivity index (χ3v) is 5.44. The highest BCUT2D eigenvalue weighted by molar-refractivity contribution is 7.41. The topological polar surface area (TPSA) is 38.7 Å². The molecule has 2 atom stereocenters. The zero-order valence-corrected chi connectivity index (χ0v) is 17.7. The first-order valence-electron chi connectivity index (χ1n) is 9.44. The molecule has 0 aliphatic heterocycles. The minimum absolute atomic E-state index is 0.0908. The molecule has 3 aromatic carbocycles. The fourth-order valence-electron chi connectivity index (χ4n) is 3.20. The quantitative estimate of drug-likeness (QED) is 0.467. The molecule has 3 nitrogen and oxygen atoms in total. The Bertz CT molecular complexity index is 903. The molecule has 146 valence electrons. The second-order valence-corrected chi connectivity index (χ2v) is 8.68. The number of para-hydroxylation sites is 2. The molecule has 0 saturated carbocycles. The van der Waals surface area contributed by atoms with E-state index in [1.54, 1.807) is 0 Å². The predicted molar refractivity (Wildman–Crippen MR) is 116 cm³/mol. The molecule has 0 heterocycles. The minimum Gasteiger partial charge on any atom is -0.418 e. The largest absolute Gasteiger partial charge is 0.460 e. The van der Waals surface area contributed by atoms with Crippen LogP contribution in [0.3, 0.4) is 0 Å². The van der Waals surface area contributed by atoms with Crippen LogP contribution in [-0.2, 0) is 5.41 Å². The SMILES string of the molecule is CC(c1ccccc1)c1ccccc1OP(O)Oc1ccccc1C(C)(C)C. The Hall–Kier alpha value is -2.35. The highest BCUT2D eigenvalue weighted by Crippen LogP contribution is 2.43. The molecule has 0 aromatic heterocycles. The Balaban J connectivity index is 1.80. The Morgan fingerprint density at radius 2 is 1.29 bits per heavy atom. The van der Waals surface area contributed by atoms with Gasteiger partial charge in [-0.05, 0) is 23.1 Å². The van der Waals surface area contributed by atoms with Crippen molar-refractivity contribution in [3.05, 3.63) is 95.6 Å². The van der Waals surface area contributed by atoms with E-state index in [1.165, 1.54) is 5.56 Å². The first-order chi connectivity index (χ1) is 13.4. The molecule has 0 amide bonds. The van der Waals surface area contributed by atoms with Crippen molar-refractivity contribution in [2.24, 2.45) is 0 Å². The van der Waals surface area contributed by atoms with Crippen LogP contribution in [0, 0.1) is 0 Å². The highest BCUT2D eigenvalue weighted by atomic mass is 31.2. The van der Waals surface area contributed by atoms with Gasteiger partial charge in [-0.2, -0.15) is 0 Å². The monoisotopic (exact) mass is 394 g/mol. The lowest BCUT2D eigenvalue weighted by atomic mass is 9.86. The molecule has 0 aliphatic carbocycles. The van der Waals surface area contributed by atoms with Gasteiger partial charge in [-0.15, -0.1) is 0 Å².